The van der Waals surface area contributed by atoms with E-state index >= 15 is 0 Å². The summed E-state index contributed by atoms with van der Waals surface area (Å²) in [6.07, 6.45) is 1.10. The lowest BCUT2D eigenvalue weighted by Crippen LogP contribution is -2.38. The van der Waals surface area contributed by atoms with Crippen molar-refractivity contribution < 1.29 is 5.11 Å². The summed E-state index contributed by atoms with van der Waals surface area (Å²) in [6, 6.07) is 5.78. The molecular formula is C16H28N2O. The summed E-state index contributed by atoms with van der Waals surface area (Å²) in [5.41, 5.74) is 8.11. The first-order chi connectivity index (χ1) is 8.88. The van der Waals surface area contributed by atoms with Crippen molar-refractivity contribution in [3.05, 3.63) is 29.3 Å². The molecular weight excluding hydrogens is 236 g/mol. The third-order valence-electron chi connectivity index (χ3n) is 3.37. The molecule has 1 aromatic rings. The van der Waals surface area contributed by atoms with Crippen LogP contribution in [0, 0.1) is 12.3 Å². The number of aromatic hydroxyl groups is 1. The van der Waals surface area contributed by atoms with Crippen molar-refractivity contribution in [3.63, 3.8) is 0 Å². The molecule has 1 rings (SSSR count). The van der Waals surface area contributed by atoms with E-state index in [0.29, 0.717) is 12.3 Å². The highest BCUT2D eigenvalue weighted by Crippen LogP contribution is 2.22. The topological polar surface area (TPSA) is 49.5 Å². The Kier molecular flexibility index (Phi) is 5.83. The van der Waals surface area contributed by atoms with E-state index in [9.17, 15) is 5.11 Å². The van der Waals surface area contributed by atoms with E-state index in [-0.39, 0.29) is 5.41 Å². The molecule has 0 unspecified atom stereocenters. The van der Waals surface area contributed by atoms with Crippen molar-refractivity contribution >= 4 is 0 Å². The van der Waals surface area contributed by atoms with E-state index in [1.165, 1.54) is 5.56 Å². The third kappa shape index (κ3) is 5.21. The van der Waals surface area contributed by atoms with Crippen molar-refractivity contribution in [2.45, 2.75) is 40.7 Å². The van der Waals surface area contributed by atoms with E-state index in [4.69, 9.17) is 5.73 Å². The maximum Gasteiger partial charge on any atom is 0.120 e. The SMILES string of the molecule is CCCN(Cc1cc(C)ccc1O)CC(C)(C)CN. The van der Waals surface area contributed by atoms with Crippen LogP contribution >= 0.6 is 0 Å². The molecule has 0 atom stereocenters. The Balaban J connectivity index is 2.80. The van der Waals surface area contributed by atoms with Gasteiger partial charge in [0.1, 0.15) is 5.75 Å². The summed E-state index contributed by atoms with van der Waals surface area (Å²) in [5, 5.41) is 9.96. The molecule has 0 spiro atoms. The zero-order valence-electron chi connectivity index (χ0n) is 12.7. The summed E-state index contributed by atoms with van der Waals surface area (Å²) in [4.78, 5) is 2.38. The molecule has 1 aromatic carbocycles. The van der Waals surface area contributed by atoms with Crippen LogP contribution in [0.4, 0.5) is 0 Å². The second-order valence-electron chi connectivity index (χ2n) is 6.21. The van der Waals surface area contributed by atoms with Crippen molar-refractivity contribution in [1.29, 1.82) is 0 Å². The number of aryl methyl sites for hydroxylation is 1. The fourth-order valence-electron chi connectivity index (χ4n) is 2.28. The van der Waals surface area contributed by atoms with E-state index in [2.05, 4.69) is 38.7 Å². The van der Waals surface area contributed by atoms with Crippen LogP contribution in [-0.2, 0) is 6.54 Å². The summed E-state index contributed by atoms with van der Waals surface area (Å²) >= 11 is 0. The number of benzene rings is 1. The second-order valence-corrected chi connectivity index (χ2v) is 6.21. The van der Waals surface area contributed by atoms with Crippen molar-refractivity contribution in [2.75, 3.05) is 19.6 Å². The van der Waals surface area contributed by atoms with Crippen LogP contribution in [0.2, 0.25) is 0 Å². The monoisotopic (exact) mass is 264 g/mol. The van der Waals surface area contributed by atoms with Crippen LogP contribution in [0.15, 0.2) is 18.2 Å². The largest absolute Gasteiger partial charge is 0.508 e. The van der Waals surface area contributed by atoms with Gasteiger partial charge < -0.3 is 10.8 Å². The number of hydrogen-bond acceptors (Lipinski definition) is 3. The minimum absolute atomic E-state index is 0.106. The number of nitrogens with two attached hydrogens (primary N) is 1. The summed E-state index contributed by atoms with van der Waals surface area (Å²) in [6.45, 7) is 12.0. The minimum Gasteiger partial charge on any atom is -0.508 e. The third-order valence-corrected chi connectivity index (χ3v) is 3.37. The predicted octanol–water partition coefficient (Wildman–Crippen LogP) is 2.90. The first-order valence-corrected chi connectivity index (χ1v) is 7.09. The predicted molar refractivity (Wildman–Crippen MR) is 81.2 cm³/mol. The van der Waals surface area contributed by atoms with Gasteiger partial charge in [0.15, 0.2) is 0 Å². The van der Waals surface area contributed by atoms with Gasteiger partial charge in [-0.15, -0.1) is 0 Å². The van der Waals surface area contributed by atoms with E-state index in [1.807, 2.05) is 6.07 Å². The van der Waals surface area contributed by atoms with Crippen LogP contribution in [-0.4, -0.2) is 29.6 Å². The van der Waals surface area contributed by atoms with Crippen LogP contribution in [0.3, 0.4) is 0 Å². The molecule has 0 saturated heterocycles. The maximum atomic E-state index is 9.96. The van der Waals surface area contributed by atoms with Gasteiger partial charge in [0.2, 0.25) is 0 Å². The molecule has 3 N–H and O–H groups in total. The smallest absolute Gasteiger partial charge is 0.120 e. The molecule has 0 aliphatic heterocycles. The van der Waals surface area contributed by atoms with Gasteiger partial charge >= 0.3 is 0 Å². The molecule has 0 aromatic heterocycles. The van der Waals surface area contributed by atoms with Crippen molar-refractivity contribution in [2.24, 2.45) is 11.1 Å². The molecule has 19 heavy (non-hydrogen) atoms. The molecule has 0 heterocycles. The summed E-state index contributed by atoms with van der Waals surface area (Å²) in [7, 11) is 0. The van der Waals surface area contributed by atoms with Gasteiger partial charge in [-0.2, -0.15) is 0 Å². The molecule has 0 saturated carbocycles. The first-order valence-electron chi connectivity index (χ1n) is 7.09. The van der Waals surface area contributed by atoms with Crippen LogP contribution in [0.5, 0.6) is 5.75 Å². The van der Waals surface area contributed by atoms with Crippen LogP contribution < -0.4 is 5.73 Å². The standard InChI is InChI=1S/C16H28N2O/c1-5-8-18(12-16(3,4)11-17)10-14-9-13(2)6-7-15(14)19/h6-7,9,19H,5,8,10-12,17H2,1-4H3. The number of phenolic OH excluding ortho intramolecular Hbond substituents is 1. The molecule has 3 heteroatoms. The van der Waals surface area contributed by atoms with Gasteiger partial charge in [-0.3, -0.25) is 4.90 Å². The van der Waals surface area contributed by atoms with Crippen molar-refractivity contribution in [1.82, 2.24) is 4.90 Å². The van der Waals surface area contributed by atoms with Gasteiger partial charge in [-0.1, -0.05) is 38.5 Å². The second kappa shape index (κ2) is 6.92. The zero-order chi connectivity index (χ0) is 14.5. The minimum atomic E-state index is 0.106. The average Bonchev–Trinajstić information content (AvgIpc) is 2.34. The van der Waals surface area contributed by atoms with E-state index < -0.39 is 0 Å². The molecule has 0 radical (unpaired) electrons. The number of phenols is 1. The number of hydrogen-bond donors (Lipinski definition) is 2. The molecule has 0 aliphatic carbocycles. The van der Waals surface area contributed by atoms with Gasteiger partial charge in [-0.25, -0.2) is 0 Å². The Morgan fingerprint density at radius 2 is 2.00 bits per heavy atom. The highest BCUT2D eigenvalue weighted by molar-refractivity contribution is 5.35. The normalized spacial score (nSPS) is 12.1. The summed E-state index contributed by atoms with van der Waals surface area (Å²) in [5.74, 6) is 0.386. The molecule has 3 nitrogen and oxygen atoms in total. The summed E-state index contributed by atoms with van der Waals surface area (Å²) < 4.78 is 0. The molecule has 108 valence electrons. The van der Waals surface area contributed by atoms with Gasteiger partial charge in [0.25, 0.3) is 0 Å². The first kappa shape index (κ1) is 16.0. The van der Waals surface area contributed by atoms with Gasteiger partial charge in [-0.05, 0) is 37.9 Å². The molecule has 0 aliphatic rings. The Morgan fingerprint density at radius 1 is 1.32 bits per heavy atom. The Bertz CT molecular complexity index is 402. The van der Waals surface area contributed by atoms with Crippen LogP contribution in [0.1, 0.15) is 38.3 Å². The lowest BCUT2D eigenvalue weighted by molar-refractivity contribution is 0.174. The zero-order valence-corrected chi connectivity index (χ0v) is 12.7. The maximum absolute atomic E-state index is 9.96. The average molecular weight is 264 g/mol. The van der Waals surface area contributed by atoms with Crippen molar-refractivity contribution in [3.8, 4) is 5.75 Å². The van der Waals surface area contributed by atoms with Crippen LogP contribution in [0.25, 0.3) is 0 Å². The molecule has 0 fully saturated rings. The lowest BCUT2D eigenvalue weighted by Gasteiger charge is -2.31. The van der Waals surface area contributed by atoms with E-state index in [1.54, 1.807) is 6.07 Å². The Labute approximate surface area is 117 Å². The number of nitrogens with zero attached hydrogens (tertiary/aromatic N) is 1. The quantitative estimate of drug-likeness (QED) is 0.796. The van der Waals surface area contributed by atoms with E-state index in [0.717, 1.165) is 31.6 Å². The lowest BCUT2D eigenvalue weighted by atomic mass is 9.92. The highest BCUT2D eigenvalue weighted by Gasteiger charge is 2.20. The van der Waals surface area contributed by atoms with Gasteiger partial charge in [0, 0.05) is 18.7 Å². The molecule has 0 bridgehead atoms. The van der Waals surface area contributed by atoms with Gasteiger partial charge in [0.05, 0.1) is 0 Å². The fourth-order valence-corrected chi connectivity index (χ4v) is 2.28. The Morgan fingerprint density at radius 3 is 2.58 bits per heavy atom. The highest BCUT2D eigenvalue weighted by atomic mass is 16.3. The Hall–Kier alpha value is -1.06. The molecule has 0 amide bonds. The fraction of sp³-hybridized carbons (Fsp3) is 0.625. The number of rotatable bonds is 7.